The molecule has 1 aromatic heterocycles. The van der Waals surface area contributed by atoms with Crippen molar-refractivity contribution >= 4 is 28.4 Å². The SMILES string of the molecule is NC(=O)COc1ccc(C(=O)Nc2cnc3c(F)cccc3c2)cc1. The molecule has 126 valence electrons. The van der Waals surface area contributed by atoms with Crippen molar-refractivity contribution in [3.63, 3.8) is 0 Å². The number of amides is 2. The minimum atomic E-state index is -0.581. The summed E-state index contributed by atoms with van der Waals surface area (Å²) in [5.74, 6) is -0.916. The monoisotopic (exact) mass is 339 g/mol. The fraction of sp³-hybridized carbons (Fsp3) is 0.0556. The first kappa shape index (κ1) is 16.4. The van der Waals surface area contributed by atoms with Gasteiger partial charge in [-0.1, -0.05) is 12.1 Å². The van der Waals surface area contributed by atoms with Gasteiger partial charge in [0.25, 0.3) is 11.8 Å². The summed E-state index contributed by atoms with van der Waals surface area (Å²) in [6, 6.07) is 12.5. The van der Waals surface area contributed by atoms with Crippen molar-refractivity contribution in [1.82, 2.24) is 4.98 Å². The Kier molecular flexibility index (Phi) is 4.56. The van der Waals surface area contributed by atoms with Gasteiger partial charge in [-0.05, 0) is 36.4 Å². The highest BCUT2D eigenvalue weighted by Crippen LogP contribution is 2.20. The van der Waals surface area contributed by atoms with Crippen molar-refractivity contribution in [2.75, 3.05) is 11.9 Å². The predicted octanol–water partition coefficient (Wildman–Crippen LogP) is 2.49. The molecule has 7 heteroatoms. The van der Waals surface area contributed by atoms with Crippen molar-refractivity contribution in [2.24, 2.45) is 5.73 Å². The zero-order chi connectivity index (χ0) is 17.8. The summed E-state index contributed by atoms with van der Waals surface area (Å²) in [4.78, 5) is 27.0. The minimum Gasteiger partial charge on any atom is -0.484 e. The molecule has 3 aromatic rings. The summed E-state index contributed by atoms with van der Waals surface area (Å²) in [6.07, 6.45) is 1.40. The molecule has 0 aliphatic carbocycles. The largest absolute Gasteiger partial charge is 0.484 e. The van der Waals surface area contributed by atoms with Crippen LogP contribution in [0.15, 0.2) is 54.7 Å². The smallest absolute Gasteiger partial charge is 0.255 e. The Morgan fingerprint density at radius 3 is 2.64 bits per heavy atom. The second kappa shape index (κ2) is 6.96. The van der Waals surface area contributed by atoms with E-state index in [0.29, 0.717) is 22.4 Å². The van der Waals surface area contributed by atoms with Crippen LogP contribution in [0.5, 0.6) is 5.75 Å². The molecule has 0 fully saturated rings. The number of benzene rings is 2. The van der Waals surface area contributed by atoms with E-state index in [1.807, 2.05) is 0 Å². The number of carbonyl (C=O) groups is 2. The zero-order valence-electron chi connectivity index (χ0n) is 13.0. The van der Waals surface area contributed by atoms with Gasteiger partial charge in [-0.25, -0.2) is 4.39 Å². The van der Waals surface area contributed by atoms with Crippen LogP contribution in [0.4, 0.5) is 10.1 Å². The van der Waals surface area contributed by atoms with Crippen LogP contribution in [0.2, 0.25) is 0 Å². The molecule has 3 rings (SSSR count). The lowest BCUT2D eigenvalue weighted by Gasteiger charge is -2.08. The van der Waals surface area contributed by atoms with Gasteiger partial charge >= 0.3 is 0 Å². The van der Waals surface area contributed by atoms with Crippen LogP contribution in [0.1, 0.15) is 10.4 Å². The molecular formula is C18H14FN3O3. The zero-order valence-corrected chi connectivity index (χ0v) is 13.0. The minimum absolute atomic E-state index is 0.231. The number of anilines is 1. The molecule has 2 amide bonds. The standard InChI is InChI=1S/C18H14FN3O3/c19-15-3-1-2-12-8-13(9-21-17(12)15)22-18(24)11-4-6-14(7-5-11)25-10-16(20)23/h1-9H,10H2,(H2,20,23)(H,22,24). The second-order valence-electron chi connectivity index (χ2n) is 5.27. The van der Waals surface area contributed by atoms with Crippen LogP contribution in [0, 0.1) is 5.82 Å². The van der Waals surface area contributed by atoms with Crippen molar-refractivity contribution < 1.29 is 18.7 Å². The number of rotatable bonds is 5. The number of hydrogen-bond acceptors (Lipinski definition) is 4. The molecule has 0 spiro atoms. The average Bonchev–Trinajstić information content (AvgIpc) is 2.60. The fourth-order valence-corrected chi connectivity index (χ4v) is 2.25. The molecule has 1 heterocycles. The lowest BCUT2D eigenvalue weighted by atomic mass is 10.2. The van der Waals surface area contributed by atoms with Crippen molar-refractivity contribution in [3.8, 4) is 5.75 Å². The maximum Gasteiger partial charge on any atom is 0.255 e. The number of primary amides is 1. The Balaban J connectivity index is 1.72. The van der Waals surface area contributed by atoms with Crippen LogP contribution in [-0.2, 0) is 4.79 Å². The Morgan fingerprint density at radius 1 is 1.16 bits per heavy atom. The van der Waals surface area contributed by atoms with Gasteiger partial charge in [0.1, 0.15) is 17.1 Å². The van der Waals surface area contributed by atoms with Gasteiger partial charge in [-0.15, -0.1) is 0 Å². The van der Waals surface area contributed by atoms with E-state index >= 15 is 0 Å². The number of nitrogens with one attached hydrogen (secondary N) is 1. The van der Waals surface area contributed by atoms with Crippen LogP contribution >= 0.6 is 0 Å². The second-order valence-corrected chi connectivity index (χ2v) is 5.27. The van der Waals surface area contributed by atoms with Crippen LogP contribution in [0.25, 0.3) is 10.9 Å². The van der Waals surface area contributed by atoms with E-state index in [0.717, 1.165) is 0 Å². The molecule has 0 bridgehead atoms. The Hall–Kier alpha value is -3.48. The highest BCUT2D eigenvalue weighted by atomic mass is 19.1. The summed E-state index contributed by atoms with van der Waals surface area (Å²) in [6.45, 7) is -0.231. The first-order valence-corrected chi connectivity index (χ1v) is 7.40. The maximum absolute atomic E-state index is 13.6. The van der Waals surface area contributed by atoms with Gasteiger partial charge in [0, 0.05) is 10.9 Å². The molecule has 0 atom stereocenters. The quantitative estimate of drug-likeness (QED) is 0.747. The number of para-hydroxylation sites is 1. The van der Waals surface area contributed by atoms with Crippen LogP contribution in [-0.4, -0.2) is 23.4 Å². The van der Waals surface area contributed by atoms with E-state index in [4.69, 9.17) is 10.5 Å². The van der Waals surface area contributed by atoms with Crippen molar-refractivity contribution in [2.45, 2.75) is 0 Å². The number of aromatic nitrogens is 1. The molecule has 0 unspecified atom stereocenters. The van der Waals surface area contributed by atoms with Crippen LogP contribution in [0.3, 0.4) is 0 Å². The highest BCUT2D eigenvalue weighted by molar-refractivity contribution is 6.05. The number of halogens is 1. The molecule has 0 saturated heterocycles. The fourth-order valence-electron chi connectivity index (χ4n) is 2.25. The predicted molar refractivity (Wildman–Crippen MR) is 90.8 cm³/mol. The molecule has 0 aliphatic heterocycles. The molecular weight excluding hydrogens is 325 g/mol. The molecule has 0 radical (unpaired) electrons. The van der Waals surface area contributed by atoms with Crippen molar-refractivity contribution in [1.29, 1.82) is 0 Å². The van der Waals surface area contributed by atoms with Gasteiger partial charge in [0.15, 0.2) is 6.61 Å². The summed E-state index contributed by atoms with van der Waals surface area (Å²) in [5.41, 5.74) is 6.09. The van der Waals surface area contributed by atoms with Crippen LogP contribution < -0.4 is 15.8 Å². The van der Waals surface area contributed by atoms with E-state index < -0.39 is 11.7 Å². The molecule has 3 N–H and O–H groups in total. The topological polar surface area (TPSA) is 94.3 Å². The van der Waals surface area contributed by atoms with E-state index in [-0.39, 0.29) is 18.0 Å². The van der Waals surface area contributed by atoms with E-state index in [1.54, 1.807) is 42.5 Å². The number of ether oxygens (including phenoxy) is 1. The van der Waals surface area contributed by atoms with Gasteiger partial charge in [-0.2, -0.15) is 0 Å². The number of nitrogens with zero attached hydrogens (tertiary/aromatic N) is 1. The third-order valence-corrected chi connectivity index (χ3v) is 3.42. The summed E-state index contributed by atoms with van der Waals surface area (Å²) < 4.78 is 18.7. The molecule has 0 aliphatic rings. The van der Waals surface area contributed by atoms with Gasteiger partial charge < -0.3 is 15.8 Å². The van der Waals surface area contributed by atoms with Crippen molar-refractivity contribution in [3.05, 3.63) is 66.1 Å². The first-order valence-electron chi connectivity index (χ1n) is 7.40. The lowest BCUT2D eigenvalue weighted by molar-refractivity contribution is -0.119. The third kappa shape index (κ3) is 3.89. The molecule has 25 heavy (non-hydrogen) atoms. The molecule has 6 nitrogen and oxygen atoms in total. The normalized spacial score (nSPS) is 10.4. The average molecular weight is 339 g/mol. The summed E-state index contributed by atoms with van der Waals surface area (Å²) in [5, 5.41) is 3.29. The first-order chi connectivity index (χ1) is 12.0. The Labute approximate surface area is 142 Å². The highest BCUT2D eigenvalue weighted by Gasteiger charge is 2.09. The lowest BCUT2D eigenvalue weighted by Crippen LogP contribution is -2.20. The molecule has 2 aromatic carbocycles. The Morgan fingerprint density at radius 2 is 1.92 bits per heavy atom. The number of hydrogen-bond donors (Lipinski definition) is 2. The number of fused-ring (bicyclic) bond motifs is 1. The number of carbonyl (C=O) groups excluding carboxylic acids is 2. The maximum atomic E-state index is 13.6. The van der Waals surface area contributed by atoms with E-state index in [9.17, 15) is 14.0 Å². The van der Waals surface area contributed by atoms with E-state index in [1.165, 1.54) is 12.3 Å². The third-order valence-electron chi connectivity index (χ3n) is 3.42. The van der Waals surface area contributed by atoms with Gasteiger partial charge in [-0.3, -0.25) is 14.6 Å². The Bertz CT molecular complexity index is 942. The summed E-state index contributed by atoms with van der Waals surface area (Å²) >= 11 is 0. The number of nitrogens with two attached hydrogens (primary N) is 1. The molecule has 0 saturated carbocycles. The van der Waals surface area contributed by atoms with E-state index in [2.05, 4.69) is 10.3 Å². The van der Waals surface area contributed by atoms with Gasteiger partial charge in [0.05, 0.1) is 11.9 Å². The van der Waals surface area contributed by atoms with Gasteiger partial charge in [0.2, 0.25) is 0 Å². The summed E-state index contributed by atoms with van der Waals surface area (Å²) in [7, 11) is 0. The number of pyridine rings is 1.